The van der Waals surface area contributed by atoms with Crippen molar-refractivity contribution in [1.82, 2.24) is 10.0 Å². The maximum absolute atomic E-state index is 13.6. The van der Waals surface area contributed by atoms with Crippen molar-refractivity contribution in [3.8, 4) is 0 Å². The molecule has 4 rings (SSSR count). The van der Waals surface area contributed by atoms with E-state index in [0.29, 0.717) is 18.4 Å². The highest BCUT2D eigenvalue weighted by Gasteiger charge is 2.53. The summed E-state index contributed by atoms with van der Waals surface area (Å²) < 4.78 is 0. The number of aryl methyl sites for hydroxylation is 1. The molecule has 2 aromatic carbocycles. The van der Waals surface area contributed by atoms with Gasteiger partial charge in [-0.1, -0.05) is 66.4 Å². The molecule has 7 heteroatoms. The zero-order valence-corrected chi connectivity index (χ0v) is 18.8. The average Bonchev–Trinajstić information content (AvgIpc) is 3.05. The molecule has 2 aromatic rings. The Kier molecular flexibility index (Phi) is 6.15. The molecule has 0 bridgehead atoms. The van der Waals surface area contributed by atoms with Crippen molar-refractivity contribution in [2.24, 2.45) is 11.8 Å². The standard InChI is InChI=1S/C25H25ClN2O4/c1-15-11-13-17(14-12-15)22(29)16(2)27(25(32)20-9-5-6-10-21(20)26)28-23(30)18-7-3-4-8-19(18)24(28)31/h5-6,9-14,16,18-19H,3-4,7-8H2,1-2H3/t16-,18+,19+/m0/s1. The molecule has 1 aliphatic heterocycles. The highest BCUT2D eigenvalue weighted by molar-refractivity contribution is 6.34. The van der Waals surface area contributed by atoms with E-state index in [1.807, 2.05) is 6.92 Å². The minimum atomic E-state index is -1.07. The van der Waals surface area contributed by atoms with Gasteiger partial charge in [-0.3, -0.25) is 19.2 Å². The molecule has 1 saturated carbocycles. The summed E-state index contributed by atoms with van der Waals surface area (Å²) in [7, 11) is 0. The summed E-state index contributed by atoms with van der Waals surface area (Å²) in [5, 5.41) is 2.13. The number of nitrogens with zero attached hydrogens (tertiary/aromatic N) is 2. The molecule has 2 aliphatic rings. The fraction of sp³-hybridized carbons (Fsp3) is 0.360. The molecule has 0 aromatic heterocycles. The van der Waals surface area contributed by atoms with Crippen molar-refractivity contribution in [1.29, 1.82) is 0 Å². The van der Waals surface area contributed by atoms with Crippen LogP contribution in [-0.4, -0.2) is 39.6 Å². The molecule has 1 saturated heterocycles. The molecule has 0 N–H and O–H groups in total. The number of ketones is 1. The van der Waals surface area contributed by atoms with Crippen LogP contribution in [0.15, 0.2) is 48.5 Å². The van der Waals surface area contributed by atoms with Crippen LogP contribution in [0.2, 0.25) is 5.02 Å². The minimum absolute atomic E-state index is 0.133. The third kappa shape index (κ3) is 3.84. The van der Waals surface area contributed by atoms with Gasteiger partial charge in [0.25, 0.3) is 17.7 Å². The molecule has 0 unspecified atom stereocenters. The molecule has 1 heterocycles. The van der Waals surface area contributed by atoms with Gasteiger partial charge in [-0.25, -0.2) is 5.01 Å². The fourth-order valence-electron chi connectivity index (χ4n) is 4.63. The number of benzene rings is 2. The van der Waals surface area contributed by atoms with Crippen molar-refractivity contribution in [2.45, 2.75) is 45.6 Å². The maximum atomic E-state index is 13.6. The zero-order chi connectivity index (χ0) is 23.0. The number of rotatable bonds is 5. The Bertz CT molecular complexity index is 1060. The first-order chi connectivity index (χ1) is 15.3. The molecule has 0 radical (unpaired) electrons. The van der Waals surface area contributed by atoms with Crippen LogP contribution in [-0.2, 0) is 9.59 Å². The summed E-state index contributed by atoms with van der Waals surface area (Å²) in [6.45, 7) is 3.45. The topological polar surface area (TPSA) is 74.8 Å². The predicted octanol–water partition coefficient (Wildman–Crippen LogP) is 4.45. The monoisotopic (exact) mass is 452 g/mol. The molecular formula is C25H25ClN2O4. The van der Waals surface area contributed by atoms with E-state index in [4.69, 9.17) is 11.6 Å². The Labute approximate surface area is 192 Å². The smallest absolute Gasteiger partial charge is 0.275 e. The number of carbonyl (C=O) groups excluding carboxylic acids is 4. The number of halogens is 1. The van der Waals surface area contributed by atoms with E-state index in [9.17, 15) is 19.2 Å². The lowest BCUT2D eigenvalue weighted by Crippen LogP contribution is -2.56. The van der Waals surface area contributed by atoms with E-state index in [2.05, 4.69) is 0 Å². The maximum Gasteiger partial charge on any atom is 0.275 e. The van der Waals surface area contributed by atoms with Crippen LogP contribution in [0, 0.1) is 18.8 Å². The van der Waals surface area contributed by atoms with Gasteiger partial charge in [0.05, 0.1) is 22.4 Å². The average molecular weight is 453 g/mol. The second kappa shape index (κ2) is 8.87. The summed E-state index contributed by atoms with van der Waals surface area (Å²) >= 11 is 6.26. The summed E-state index contributed by atoms with van der Waals surface area (Å²) in [5.74, 6) is -2.73. The molecule has 1 aliphatic carbocycles. The van der Waals surface area contributed by atoms with Crippen LogP contribution in [0.5, 0.6) is 0 Å². The van der Waals surface area contributed by atoms with Crippen molar-refractivity contribution >= 4 is 35.1 Å². The number of Topliss-reactive ketones (excluding diaryl/α,β-unsaturated/α-hetero) is 1. The fourth-order valence-corrected chi connectivity index (χ4v) is 4.84. The number of carbonyl (C=O) groups is 4. The van der Waals surface area contributed by atoms with Gasteiger partial charge in [0.2, 0.25) is 0 Å². The van der Waals surface area contributed by atoms with Crippen molar-refractivity contribution in [3.05, 3.63) is 70.2 Å². The molecule has 3 amide bonds. The SMILES string of the molecule is Cc1ccc(C(=O)[C@H](C)N(C(=O)c2ccccc2Cl)N2C(=O)[C@@H]3CCCC[C@H]3C2=O)cc1. The number of hydrazine groups is 1. The Morgan fingerprint density at radius 2 is 1.53 bits per heavy atom. The van der Waals surface area contributed by atoms with Gasteiger partial charge in [-0.05, 0) is 38.8 Å². The highest BCUT2D eigenvalue weighted by atomic mass is 35.5. The molecular weight excluding hydrogens is 428 g/mol. The summed E-state index contributed by atoms with van der Waals surface area (Å²) in [5.41, 5.74) is 1.52. The second-order valence-corrected chi connectivity index (χ2v) is 8.93. The largest absolute Gasteiger partial charge is 0.292 e. The van der Waals surface area contributed by atoms with Crippen LogP contribution in [0.3, 0.4) is 0 Å². The number of hydrogen-bond donors (Lipinski definition) is 0. The number of fused-ring (bicyclic) bond motifs is 1. The van der Waals surface area contributed by atoms with Gasteiger partial charge in [0.15, 0.2) is 5.78 Å². The lowest BCUT2D eigenvalue weighted by molar-refractivity contribution is -0.156. The van der Waals surface area contributed by atoms with E-state index in [1.54, 1.807) is 49.4 Å². The zero-order valence-electron chi connectivity index (χ0n) is 18.1. The number of imide groups is 1. The third-order valence-corrected chi connectivity index (χ3v) is 6.76. The van der Waals surface area contributed by atoms with Gasteiger partial charge >= 0.3 is 0 Å². The number of hydrogen-bond acceptors (Lipinski definition) is 4. The van der Waals surface area contributed by atoms with Crippen molar-refractivity contribution < 1.29 is 19.2 Å². The molecule has 6 nitrogen and oxygen atoms in total. The quantitative estimate of drug-likeness (QED) is 0.496. The van der Waals surface area contributed by atoms with Gasteiger partial charge in [0, 0.05) is 5.56 Å². The molecule has 32 heavy (non-hydrogen) atoms. The first kappa shape index (κ1) is 22.2. The van der Waals surface area contributed by atoms with E-state index in [1.165, 1.54) is 6.07 Å². The van der Waals surface area contributed by atoms with E-state index in [0.717, 1.165) is 28.4 Å². The van der Waals surface area contributed by atoms with E-state index in [-0.39, 0.29) is 16.4 Å². The van der Waals surface area contributed by atoms with Crippen LogP contribution in [0.1, 0.15) is 58.9 Å². The van der Waals surface area contributed by atoms with Crippen LogP contribution in [0.25, 0.3) is 0 Å². The Hall–Kier alpha value is -2.99. The second-order valence-electron chi connectivity index (χ2n) is 8.52. The molecule has 0 spiro atoms. The first-order valence-corrected chi connectivity index (χ1v) is 11.3. The lowest BCUT2D eigenvalue weighted by Gasteiger charge is -2.35. The predicted molar refractivity (Wildman–Crippen MR) is 120 cm³/mol. The van der Waals surface area contributed by atoms with Crippen LogP contribution < -0.4 is 0 Å². The van der Waals surface area contributed by atoms with Crippen LogP contribution >= 0.6 is 11.6 Å². The summed E-state index contributed by atoms with van der Waals surface area (Å²) in [4.78, 5) is 53.5. The molecule has 3 atom stereocenters. The Morgan fingerprint density at radius 1 is 0.969 bits per heavy atom. The van der Waals surface area contributed by atoms with Gasteiger partial charge in [0.1, 0.15) is 6.04 Å². The highest BCUT2D eigenvalue weighted by Crippen LogP contribution is 2.39. The van der Waals surface area contributed by atoms with E-state index < -0.39 is 35.6 Å². The van der Waals surface area contributed by atoms with Crippen LogP contribution in [0.4, 0.5) is 0 Å². The van der Waals surface area contributed by atoms with Crippen molar-refractivity contribution in [3.63, 3.8) is 0 Å². The molecule has 2 fully saturated rings. The normalized spacial score (nSPS) is 21.3. The van der Waals surface area contributed by atoms with Crippen molar-refractivity contribution in [2.75, 3.05) is 0 Å². The Morgan fingerprint density at radius 3 is 2.09 bits per heavy atom. The van der Waals surface area contributed by atoms with Gasteiger partial charge < -0.3 is 0 Å². The van der Waals surface area contributed by atoms with Gasteiger partial charge in [-0.2, -0.15) is 5.01 Å². The summed E-state index contributed by atoms with van der Waals surface area (Å²) in [6.07, 6.45) is 2.95. The molecule has 166 valence electrons. The Balaban J connectivity index is 1.76. The first-order valence-electron chi connectivity index (χ1n) is 10.9. The van der Waals surface area contributed by atoms with E-state index >= 15 is 0 Å². The lowest BCUT2D eigenvalue weighted by atomic mass is 9.81. The van der Waals surface area contributed by atoms with Gasteiger partial charge in [-0.15, -0.1) is 0 Å². The number of amides is 3. The minimum Gasteiger partial charge on any atom is -0.292 e. The third-order valence-electron chi connectivity index (χ3n) is 6.43. The summed E-state index contributed by atoms with van der Waals surface area (Å²) in [6, 6.07) is 12.3.